The Hall–Kier alpha value is -1.92. The number of carbonyl (C=O) groups excluding carboxylic acids is 2. The monoisotopic (exact) mass is 387 g/mol. The summed E-state index contributed by atoms with van der Waals surface area (Å²) in [4.78, 5) is 32.5. The molecule has 0 aliphatic carbocycles. The topological polar surface area (TPSA) is 53.1 Å². The van der Waals surface area contributed by atoms with Gasteiger partial charge in [0.05, 0.1) is 6.54 Å². The van der Waals surface area contributed by atoms with Crippen LogP contribution < -0.4 is 0 Å². The molecule has 1 aromatic carbocycles. The molecule has 0 radical (unpaired) electrons. The van der Waals surface area contributed by atoms with Gasteiger partial charge >= 0.3 is 6.03 Å². The number of hydrogen-bond acceptors (Lipinski definition) is 4. The smallest absolute Gasteiger partial charge is 0.327 e. The summed E-state index contributed by atoms with van der Waals surface area (Å²) in [5, 5.41) is 0. The highest BCUT2D eigenvalue weighted by atomic mass is 16.5. The largest absolute Gasteiger partial charge is 0.385 e. The van der Waals surface area contributed by atoms with Gasteiger partial charge in [-0.05, 0) is 38.2 Å². The second-order valence-corrected chi connectivity index (χ2v) is 7.98. The number of methoxy groups -OCH3 is 1. The maximum atomic E-state index is 13.5. The van der Waals surface area contributed by atoms with E-state index in [1.54, 1.807) is 7.11 Å². The van der Waals surface area contributed by atoms with Crippen LogP contribution in [0.5, 0.6) is 0 Å². The molecule has 3 amide bonds. The lowest BCUT2D eigenvalue weighted by Gasteiger charge is -2.44. The SMILES string of the molecule is CCC(C)N1CCC2(CC1)C(=O)N(Cc1ccccc1)C(=O)N2CCCOC. The summed E-state index contributed by atoms with van der Waals surface area (Å²) in [5.41, 5.74) is 0.291. The minimum Gasteiger partial charge on any atom is -0.385 e. The summed E-state index contributed by atoms with van der Waals surface area (Å²) in [5.74, 6) is -0.0254. The maximum Gasteiger partial charge on any atom is 0.327 e. The van der Waals surface area contributed by atoms with Crippen LogP contribution in [0.2, 0.25) is 0 Å². The molecule has 28 heavy (non-hydrogen) atoms. The molecule has 2 heterocycles. The van der Waals surface area contributed by atoms with Crippen LogP contribution in [0.4, 0.5) is 4.79 Å². The summed E-state index contributed by atoms with van der Waals surface area (Å²) >= 11 is 0. The fourth-order valence-corrected chi connectivity index (χ4v) is 4.44. The lowest BCUT2D eigenvalue weighted by atomic mass is 9.85. The molecule has 2 aliphatic heterocycles. The van der Waals surface area contributed by atoms with Crippen molar-refractivity contribution in [1.29, 1.82) is 0 Å². The first-order chi connectivity index (χ1) is 13.5. The first-order valence-electron chi connectivity index (χ1n) is 10.4. The van der Waals surface area contributed by atoms with Gasteiger partial charge in [-0.3, -0.25) is 9.69 Å². The van der Waals surface area contributed by atoms with Crippen molar-refractivity contribution in [3.63, 3.8) is 0 Å². The van der Waals surface area contributed by atoms with Crippen LogP contribution in [-0.4, -0.2) is 71.6 Å². The molecule has 6 nitrogen and oxygen atoms in total. The van der Waals surface area contributed by atoms with Crippen LogP contribution >= 0.6 is 0 Å². The van der Waals surface area contributed by atoms with E-state index in [1.165, 1.54) is 4.90 Å². The average Bonchev–Trinajstić information content (AvgIpc) is 2.91. The van der Waals surface area contributed by atoms with E-state index in [-0.39, 0.29) is 11.9 Å². The van der Waals surface area contributed by atoms with Crippen molar-refractivity contribution >= 4 is 11.9 Å². The van der Waals surface area contributed by atoms with Gasteiger partial charge in [0, 0.05) is 39.4 Å². The minimum absolute atomic E-state index is 0.0254. The van der Waals surface area contributed by atoms with E-state index in [2.05, 4.69) is 18.7 Å². The van der Waals surface area contributed by atoms with Gasteiger partial charge in [0.15, 0.2) is 0 Å². The zero-order chi connectivity index (χ0) is 20.1. The highest BCUT2D eigenvalue weighted by molar-refractivity contribution is 6.07. The third-order valence-corrected chi connectivity index (χ3v) is 6.37. The molecule has 3 rings (SSSR count). The number of benzene rings is 1. The Morgan fingerprint density at radius 1 is 1.14 bits per heavy atom. The van der Waals surface area contributed by atoms with E-state index in [1.807, 2.05) is 35.2 Å². The first kappa shape index (κ1) is 20.8. The number of imide groups is 1. The van der Waals surface area contributed by atoms with Crippen molar-refractivity contribution in [1.82, 2.24) is 14.7 Å². The molecular weight excluding hydrogens is 354 g/mol. The van der Waals surface area contributed by atoms with Crippen molar-refractivity contribution in [2.24, 2.45) is 0 Å². The summed E-state index contributed by atoms with van der Waals surface area (Å²) < 4.78 is 5.18. The normalized spacial score (nSPS) is 21.0. The number of rotatable bonds is 8. The third-order valence-electron chi connectivity index (χ3n) is 6.37. The summed E-state index contributed by atoms with van der Waals surface area (Å²) in [6.45, 7) is 7.63. The summed E-state index contributed by atoms with van der Waals surface area (Å²) in [6, 6.07) is 10.1. The number of nitrogens with zero attached hydrogens (tertiary/aromatic N) is 3. The quantitative estimate of drug-likeness (QED) is 0.508. The van der Waals surface area contributed by atoms with Gasteiger partial charge in [-0.1, -0.05) is 37.3 Å². The van der Waals surface area contributed by atoms with E-state index in [0.29, 0.717) is 38.6 Å². The van der Waals surface area contributed by atoms with Crippen LogP contribution in [0, 0.1) is 0 Å². The Kier molecular flexibility index (Phi) is 6.73. The fraction of sp³-hybridized carbons (Fsp3) is 0.636. The van der Waals surface area contributed by atoms with E-state index < -0.39 is 5.54 Å². The molecule has 1 aromatic rings. The number of ether oxygens (including phenoxy) is 1. The number of likely N-dealkylation sites (tertiary alicyclic amines) is 1. The molecule has 6 heteroatoms. The molecule has 0 bridgehead atoms. The molecule has 0 aromatic heterocycles. The van der Waals surface area contributed by atoms with Crippen LogP contribution in [0.15, 0.2) is 30.3 Å². The second kappa shape index (κ2) is 9.05. The van der Waals surface area contributed by atoms with Crippen molar-refractivity contribution in [2.75, 3.05) is 33.4 Å². The van der Waals surface area contributed by atoms with Gasteiger partial charge in [-0.25, -0.2) is 4.79 Å². The Morgan fingerprint density at radius 3 is 2.43 bits per heavy atom. The number of hydrogen-bond donors (Lipinski definition) is 0. The number of amides is 3. The highest BCUT2D eigenvalue weighted by Gasteiger charge is 2.57. The first-order valence-corrected chi connectivity index (χ1v) is 10.4. The Morgan fingerprint density at radius 2 is 1.82 bits per heavy atom. The van der Waals surface area contributed by atoms with E-state index in [9.17, 15) is 9.59 Å². The van der Waals surface area contributed by atoms with Gasteiger partial charge in [-0.2, -0.15) is 0 Å². The van der Waals surface area contributed by atoms with Crippen molar-refractivity contribution in [3.05, 3.63) is 35.9 Å². The van der Waals surface area contributed by atoms with Gasteiger partial charge in [0.25, 0.3) is 5.91 Å². The molecule has 154 valence electrons. The Bertz CT molecular complexity index is 671. The fourth-order valence-electron chi connectivity index (χ4n) is 4.44. The minimum atomic E-state index is -0.691. The standard InChI is InChI=1S/C22H33N3O3/c1-4-18(2)23-14-11-22(12-15-23)20(26)24(17-19-9-6-5-7-10-19)21(27)25(22)13-8-16-28-3/h5-7,9-10,18H,4,8,11-17H2,1-3H3. The van der Waals surface area contributed by atoms with E-state index in [0.717, 1.165) is 31.5 Å². The van der Waals surface area contributed by atoms with Crippen LogP contribution in [0.3, 0.4) is 0 Å². The van der Waals surface area contributed by atoms with Crippen molar-refractivity contribution < 1.29 is 14.3 Å². The Balaban J connectivity index is 1.81. The highest BCUT2D eigenvalue weighted by Crippen LogP contribution is 2.38. The predicted molar refractivity (Wildman–Crippen MR) is 109 cm³/mol. The van der Waals surface area contributed by atoms with Crippen LogP contribution in [-0.2, 0) is 16.1 Å². The third kappa shape index (κ3) is 3.94. The van der Waals surface area contributed by atoms with Gasteiger partial charge in [0.1, 0.15) is 5.54 Å². The van der Waals surface area contributed by atoms with Crippen molar-refractivity contribution in [3.8, 4) is 0 Å². The molecule has 1 unspecified atom stereocenters. The summed E-state index contributed by atoms with van der Waals surface area (Å²) in [7, 11) is 1.67. The van der Waals surface area contributed by atoms with Gasteiger partial charge < -0.3 is 14.5 Å². The van der Waals surface area contributed by atoms with Gasteiger partial charge in [-0.15, -0.1) is 0 Å². The molecule has 2 aliphatic rings. The zero-order valence-corrected chi connectivity index (χ0v) is 17.4. The second-order valence-electron chi connectivity index (χ2n) is 7.98. The molecule has 2 saturated heterocycles. The summed E-state index contributed by atoms with van der Waals surface area (Å²) in [6.07, 6.45) is 3.25. The molecule has 0 N–H and O–H groups in total. The van der Waals surface area contributed by atoms with Crippen LogP contribution in [0.1, 0.15) is 45.1 Å². The lowest BCUT2D eigenvalue weighted by molar-refractivity contribution is -0.136. The molecule has 0 saturated carbocycles. The maximum absolute atomic E-state index is 13.5. The van der Waals surface area contributed by atoms with Crippen LogP contribution in [0.25, 0.3) is 0 Å². The number of urea groups is 1. The Labute approximate surface area is 168 Å². The average molecular weight is 388 g/mol. The molecule has 1 atom stereocenters. The van der Waals surface area contributed by atoms with E-state index in [4.69, 9.17) is 4.74 Å². The van der Waals surface area contributed by atoms with Gasteiger partial charge in [0.2, 0.25) is 0 Å². The van der Waals surface area contributed by atoms with Crippen molar-refractivity contribution in [2.45, 2.75) is 57.7 Å². The molecule has 1 spiro atoms. The lowest BCUT2D eigenvalue weighted by Crippen LogP contribution is -2.57. The van der Waals surface area contributed by atoms with E-state index >= 15 is 0 Å². The number of carbonyl (C=O) groups is 2. The molecule has 2 fully saturated rings. The number of piperidine rings is 1. The molecular formula is C22H33N3O3. The predicted octanol–water partition coefficient (Wildman–Crippen LogP) is 3.12. The zero-order valence-electron chi connectivity index (χ0n) is 17.4.